The zero-order valence-corrected chi connectivity index (χ0v) is 14.0. The van der Waals surface area contributed by atoms with Gasteiger partial charge in [0, 0.05) is 24.5 Å². The number of nitrogens with one attached hydrogen (secondary N) is 3. The van der Waals surface area contributed by atoms with Gasteiger partial charge >= 0.3 is 0 Å². The second-order valence-corrected chi connectivity index (χ2v) is 6.80. The smallest absolute Gasteiger partial charge is 0.198 e. The fourth-order valence-corrected chi connectivity index (χ4v) is 3.32. The largest absolute Gasteiger partial charge is 0.369 e. The van der Waals surface area contributed by atoms with Gasteiger partial charge in [-0.1, -0.05) is 0 Å². The molecule has 0 amide bonds. The van der Waals surface area contributed by atoms with Crippen molar-refractivity contribution in [2.24, 2.45) is 21.6 Å². The zero-order chi connectivity index (χ0) is 16.5. The van der Waals surface area contributed by atoms with Crippen molar-refractivity contribution in [3.63, 3.8) is 0 Å². The van der Waals surface area contributed by atoms with Crippen LogP contribution in [0, 0.1) is 5.92 Å². The standard InChI is InChI=1S/C17H25N7/c1-11-4-3-9-24(11)17(18)21-16(13-5-2-8-19-13)20-15-10-14(22-23-15)12-6-7-12/h2,5,8,10-12,15,19,22-23H,3-4,6-7,9H2,1H3,(H2,18,20,21)/t11-,15?/m0/s1. The number of hydrogen-bond donors (Lipinski definition) is 4. The molecule has 0 radical (unpaired) electrons. The van der Waals surface area contributed by atoms with Crippen molar-refractivity contribution >= 4 is 11.8 Å². The number of aromatic amines is 1. The first-order valence-electron chi connectivity index (χ1n) is 8.76. The van der Waals surface area contributed by atoms with Crippen molar-refractivity contribution in [1.29, 1.82) is 0 Å². The molecule has 3 aliphatic rings. The summed E-state index contributed by atoms with van der Waals surface area (Å²) in [5.41, 5.74) is 14.8. The SMILES string of the molecule is C[C@H]1CCCN1C(N)=N/C(=N\C1C=C(C2CC2)NN1)c1ccc[nH]1. The first-order valence-corrected chi connectivity index (χ1v) is 8.76. The molecule has 2 fully saturated rings. The molecule has 3 heterocycles. The molecule has 24 heavy (non-hydrogen) atoms. The average Bonchev–Trinajstić information content (AvgIpc) is 2.98. The lowest BCUT2D eigenvalue weighted by Crippen LogP contribution is -2.40. The van der Waals surface area contributed by atoms with E-state index in [4.69, 9.17) is 10.7 Å². The van der Waals surface area contributed by atoms with Gasteiger partial charge in [-0.25, -0.2) is 10.4 Å². The maximum atomic E-state index is 6.27. The summed E-state index contributed by atoms with van der Waals surface area (Å²) in [5, 5.41) is 0. The highest BCUT2D eigenvalue weighted by molar-refractivity contribution is 6.04. The van der Waals surface area contributed by atoms with Gasteiger partial charge in [0.05, 0.1) is 5.69 Å². The summed E-state index contributed by atoms with van der Waals surface area (Å²) in [6.07, 6.45) is 8.75. The monoisotopic (exact) mass is 327 g/mol. The highest BCUT2D eigenvalue weighted by Gasteiger charge is 2.30. The molecule has 2 atom stereocenters. The Morgan fingerprint density at radius 3 is 2.88 bits per heavy atom. The molecule has 1 saturated heterocycles. The van der Waals surface area contributed by atoms with E-state index in [1.807, 2.05) is 18.3 Å². The first-order chi connectivity index (χ1) is 11.7. The molecule has 1 unspecified atom stereocenters. The fourth-order valence-electron chi connectivity index (χ4n) is 3.32. The second kappa shape index (κ2) is 6.32. The van der Waals surface area contributed by atoms with Crippen LogP contribution in [0.5, 0.6) is 0 Å². The lowest BCUT2D eigenvalue weighted by molar-refractivity contribution is 0.411. The Balaban J connectivity index is 1.59. The number of likely N-dealkylation sites (tertiary alicyclic amines) is 1. The highest BCUT2D eigenvalue weighted by Crippen LogP contribution is 2.36. The summed E-state index contributed by atoms with van der Waals surface area (Å²) < 4.78 is 0. The Hall–Kier alpha value is -2.28. The molecule has 0 aromatic carbocycles. The van der Waals surface area contributed by atoms with Crippen molar-refractivity contribution in [2.75, 3.05) is 6.54 Å². The second-order valence-electron chi connectivity index (χ2n) is 6.80. The van der Waals surface area contributed by atoms with Crippen LogP contribution >= 0.6 is 0 Å². The molecule has 1 aromatic heterocycles. The molecule has 7 heteroatoms. The number of allylic oxidation sites excluding steroid dienone is 1. The van der Waals surface area contributed by atoms with Gasteiger partial charge in [-0.05, 0) is 56.7 Å². The van der Waals surface area contributed by atoms with Crippen LogP contribution in [0.15, 0.2) is 40.1 Å². The number of aliphatic imine (C=N–C) groups is 2. The van der Waals surface area contributed by atoms with E-state index in [1.54, 1.807) is 0 Å². The van der Waals surface area contributed by atoms with Gasteiger partial charge in [-0.15, -0.1) is 0 Å². The number of guanidine groups is 1. The molecule has 128 valence electrons. The molecule has 1 aromatic rings. The van der Waals surface area contributed by atoms with Crippen LogP contribution < -0.4 is 16.6 Å². The van der Waals surface area contributed by atoms with Crippen LogP contribution in [0.25, 0.3) is 0 Å². The number of hydrazine groups is 1. The fraction of sp³-hybridized carbons (Fsp3) is 0.529. The topological polar surface area (TPSA) is 93.8 Å². The van der Waals surface area contributed by atoms with Crippen molar-refractivity contribution in [3.8, 4) is 0 Å². The van der Waals surface area contributed by atoms with Crippen LogP contribution in [0.1, 0.15) is 38.3 Å². The molecule has 1 aliphatic carbocycles. The zero-order valence-electron chi connectivity index (χ0n) is 14.0. The third kappa shape index (κ3) is 3.17. The summed E-state index contributed by atoms with van der Waals surface area (Å²) in [4.78, 5) is 14.7. The van der Waals surface area contributed by atoms with Crippen LogP contribution in [-0.4, -0.2) is 40.4 Å². The molecule has 0 bridgehead atoms. The predicted octanol–water partition coefficient (Wildman–Crippen LogP) is 1.29. The van der Waals surface area contributed by atoms with Crippen molar-refractivity contribution < 1.29 is 0 Å². The Kier molecular flexibility index (Phi) is 4.02. The minimum absolute atomic E-state index is 0.119. The van der Waals surface area contributed by atoms with Crippen LogP contribution in [0.3, 0.4) is 0 Å². The molecule has 5 N–H and O–H groups in total. The average molecular weight is 327 g/mol. The van der Waals surface area contributed by atoms with E-state index in [0.29, 0.717) is 23.8 Å². The van der Waals surface area contributed by atoms with E-state index >= 15 is 0 Å². The normalized spacial score (nSPS) is 28.2. The minimum Gasteiger partial charge on any atom is -0.369 e. The van der Waals surface area contributed by atoms with Gasteiger partial charge in [0.25, 0.3) is 0 Å². The number of hydrogen-bond acceptors (Lipinski definition) is 3. The molecule has 4 rings (SSSR count). The van der Waals surface area contributed by atoms with E-state index in [9.17, 15) is 0 Å². The summed E-state index contributed by atoms with van der Waals surface area (Å²) in [7, 11) is 0. The molecule has 7 nitrogen and oxygen atoms in total. The van der Waals surface area contributed by atoms with E-state index in [2.05, 4.69) is 38.7 Å². The number of nitrogens with two attached hydrogens (primary N) is 1. The quantitative estimate of drug-likeness (QED) is 0.497. The minimum atomic E-state index is -0.119. The van der Waals surface area contributed by atoms with Gasteiger partial charge in [0.15, 0.2) is 11.8 Å². The van der Waals surface area contributed by atoms with Gasteiger partial charge in [-0.3, -0.25) is 0 Å². The Labute approximate surface area is 142 Å². The predicted molar refractivity (Wildman–Crippen MR) is 95.2 cm³/mol. The molecular weight excluding hydrogens is 302 g/mol. The van der Waals surface area contributed by atoms with E-state index < -0.39 is 0 Å². The van der Waals surface area contributed by atoms with Crippen molar-refractivity contribution in [3.05, 3.63) is 35.8 Å². The number of amidine groups is 1. The Morgan fingerprint density at radius 2 is 2.21 bits per heavy atom. The third-order valence-corrected chi connectivity index (χ3v) is 4.89. The Bertz CT molecular complexity index is 669. The first kappa shape index (κ1) is 15.3. The van der Waals surface area contributed by atoms with Gasteiger partial charge in [0.1, 0.15) is 6.17 Å². The molecular formula is C17H25N7. The summed E-state index contributed by atoms with van der Waals surface area (Å²) in [6, 6.07) is 4.35. The van der Waals surface area contributed by atoms with Gasteiger partial charge in [-0.2, -0.15) is 4.99 Å². The number of nitrogens with zero attached hydrogens (tertiary/aromatic N) is 3. The summed E-state index contributed by atoms with van der Waals surface area (Å²) in [6.45, 7) is 3.15. The Morgan fingerprint density at radius 1 is 1.33 bits per heavy atom. The van der Waals surface area contributed by atoms with Crippen LogP contribution in [-0.2, 0) is 0 Å². The number of aromatic nitrogens is 1. The lowest BCUT2D eigenvalue weighted by atomic mass is 10.2. The maximum Gasteiger partial charge on any atom is 0.198 e. The van der Waals surface area contributed by atoms with Gasteiger partial charge in [0.2, 0.25) is 0 Å². The van der Waals surface area contributed by atoms with E-state index in [1.165, 1.54) is 18.5 Å². The van der Waals surface area contributed by atoms with Crippen molar-refractivity contribution in [2.45, 2.75) is 44.8 Å². The highest BCUT2D eigenvalue weighted by atomic mass is 15.4. The van der Waals surface area contributed by atoms with Crippen LogP contribution in [0.2, 0.25) is 0 Å². The third-order valence-electron chi connectivity index (χ3n) is 4.89. The summed E-state index contributed by atoms with van der Waals surface area (Å²) in [5.74, 6) is 1.85. The maximum absolute atomic E-state index is 6.27. The van der Waals surface area contributed by atoms with Crippen LogP contribution in [0.4, 0.5) is 0 Å². The van der Waals surface area contributed by atoms with Gasteiger partial charge < -0.3 is 21.0 Å². The lowest BCUT2D eigenvalue weighted by Gasteiger charge is -2.22. The number of H-pyrrole nitrogens is 1. The molecule has 0 spiro atoms. The summed E-state index contributed by atoms with van der Waals surface area (Å²) >= 11 is 0. The molecule has 1 saturated carbocycles. The van der Waals surface area contributed by atoms with Crippen molar-refractivity contribution in [1.82, 2.24) is 20.7 Å². The van der Waals surface area contributed by atoms with E-state index in [-0.39, 0.29) is 6.17 Å². The molecule has 2 aliphatic heterocycles. The van der Waals surface area contributed by atoms with E-state index in [0.717, 1.165) is 25.1 Å². The number of rotatable bonds is 3.